The zero-order valence-corrected chi connectivity index (χ0v) is 14.5. The third-order valence-electron chi connectivity index (χ3n) is 3.94. The Morgan fingerprint density at radius 1 is 1.28 bits per heavy atom. The van der Waals surface area contributed by atoms with E-state index in [9.17, 15) is 18.0 Å². The van der Waals surface area contributed by atoms with Gasteiger partial charge in [-0.15, -0.1) is 0 Å². The minimum atomic E-state index is -4.43. The molecule has 1 aromatic heterocycles. The summed E-state index contributed by atoms with van der Waals surface area (Å²) in [6.45, 7) is 5.76. The summed E-state index contributed by atoms with van der Waals surface area (Å²) >= 11 is 0. The van der Waals surface area contributed by atoms with Crippen molar-refractivity contribution in [1.29, 1.82) is 0 Å². The van der Waals surface area contributed by atoms with Crippen molar-refractivity contribution >= 4 is 22.5 Å². The molecule has 6 heteroatoms. The minimum Gasteiger partial charge on any atom is -0.463 e. The van der Waals surface area contributed by atoms with Crippen molar-refractivity contribution in [2.24, 2.45) is 0 Å². The van der Waals surface area contributed by atoms with Gasteiger partial charge in [0.05, 0.1) is 12.2 Å². The van der Waals surface area contributed by atoms with E-state index in [4.69, 9.17) is 9.15 Å². The van der Waals surface area contributed by atoms with Gasteiger partial charge < -0.3 is 9.15 Å². The van der Waals surface area contributed by atoms with Gasteiger partial charge >= 0.3 is 12.1 Å². The lowest BCUT2D eigenvalue weighted by atomic mass is 10.0. The van der Waals surface area contributed by atoms with Crippen molar-refractivity contribution in [1.82, 2.24) is 0 Å². The molecule has 136 valence electrons. The average molecular weight is 354 g/mol. The summed E-state index contributed by atoms with van der Waals surface area (Å²) in [4.78, 5) is 11.8. The van der Waals surface area contributed by atoms with Gasteiger partial charge in [0, 0.05) is 22.6 Å². The molecule has 0 aliphatic heterocycles. The minimum absolute atomic E-state index is 0.161. The number of halogens is 3. The van der Waals surface area contributed by atoms with Crippen LogP contribution in [0.25, 0.3) is 16.5 Å². The highest BCUT2D eigenvalue weighted by molar-refractivity contribution is 5.94. The third-order valence-corrected chi connectivity index (χ3v) is 3.94. The zero-order valence-electron chi connectivity index (χ0n) is 14.5. The van der Waals surface area contributed by atoms with Crippen molar-refractivity contribution in [3.8, 4) is 0 Å². The van der Waals surface area contributed by atoms with E-state index in [0.717, 1.165) is 30.5 Å². The number of aryl methyl sites for hydroxylation is 1. The van der Waals surface area contributed by atoms with Crippen molar-refractivity contribution in [2.45, 2.75) is 46.2 Å². The molecule has 0 saturated heterocycles. The van der Waals surface area contributed by atoms with Crippen molar-refractivity contribution < 1.29 is 27.1 Å². The standard InChI is InChI=1S/C19H21F3O3/c1-4-6-7-13(10-17(23)24-5-2)18-12(3)15-9-8-14(19(20,21)22)11-16(15)25-18/h8-11H,4-7H2,1-3H3/b13-10+. The number of allylic oxidation sites excluding steroid dienone is 1. The lowest BCUT2D eigenvalue weighted by Gasteiger charge is -2.05. The van der Waals surface area contributed by atoms with Crippen LogP contribution in [0.1, 0.15) is 50.0 Å². The summed E-state index contributed by atoms with van der Waals surface area (Å²) < 4.78 is 49.3. The van der Waals surface area contributed by atoms with Crippen LogP contribution in [0, 0.1) is 6.92 Å². The number of fused-ring (bicyclic) bond motifs is 1. The van der Waals surface area contributed by atoms with Crippen LogP contribution in [0.3, 0.4) is 0 Å². The number of ether oxygens (including phenoxy) is 1. The summed E-state index contributed by atoms with van der Waals surface area (Å²) in [7, 11) is 0. The van der Waals surface area contributed by atoms with E-state index in [-0.39, 0.29) is 12.2 Å². The van der Waals surface area contributed by atoms with Crippen molar-refractivity contribution in [3.05, 3.63) is 41.2 Å². The van der Waals surface area contributed by atoms with Gasteiger partial charge in [-0.1, -0.05) is 19.4 Å². The van der Waals surface area contributed by atoms with E-state index in [1.807, 2.05) is 6.92 Å². The largest absolute Gasteiger partial charge is 0.463 e. The Balaban J connectivity index is 2.51. The van der Waals surface area contributed by atoms with Gasteiger partial charge in [0.25, 0.3) is 0 Å². The Morgan fingerprint density at radius 3 is 2.60 bits per heavy atom. The maximum Gasteiger partial charge on any atom is 0.416 e. The monoisotopic (exact) mass is 354 g/mol. The van der Waals surface area contributed by atoms with Crippen LogP contribution >= 0.6 is 0 Å². The van der Waals surface area contributed by atoms with Crippen LogP contribution < -0.4 is 0 Å². The van der Waals surface area contributed by atoms with Crippen molar-refractivity contribution in [2.75, 3.05) is 6.61 Å². The fourth-order valence-corrected chi connectivity index (χ4v) is 2.65. The van der Waals surface area contributed by atoms with E-state index < -0.39 is 17.7 Å². The number of benzene rings is 1. The molecule has 0 atom stereocenters. The number of esters is 1. The van der Waals surface area contributed by atoms with Gasteiger partial charge in [-0.2, -0.15) is 13.2 Å². The number of unbranched alkanes of at least 4 members (excludes halogenated alkanes) is 1. The molecular weight excluding hydrogens is 333 g/mol. The SMILES string of the molecule is CCCC/C(=C\C(=O)OCC)c1oc2cc(C(F)(F)F)ccc2c1C. The van der Waals surface area contributed by atoms with Gasteiger partial charge in [0.15, 0.2) is 0 Å². The maximum absolute atomic E-state index is 12.9. The van der Waals surface area contributed by atoms with Crippen LogP contribution in [0.4, 0.5) is 13.2 Å². The second kappa shape index (κ2) is 7.76. The number of hydrogen-bond donors (Lipinski definition) is 0. The fourth-order valence-electron chi connectivity index (χ4n) is 2.65. The van der Waals surface area contributed by atoms with Crippen LogP contribution in [0.5, 0.6) is 0 Å². The average Bonchev–Trinajstić information content (AvgIpc) is 2.87. The smallest absolute Gasteiger partial charge is 0.416 e. The fraction of sp³-hybridized carbons (Fsp3) is 0.421. The molecule has 25 heavy (non-hydrogen) atoms. The summed E-state index contributed by atoms with van der Waals surface area (Å²) in [5.41, 5.74) is 0.760. The van der Waals surface area contributed by atoms with Gasteiger partial charge in [-0.25, -0.2) is 4.79 Å². The van der Waals surface area contributed by atoms with E-state index in [0.29, 0.717) is 23.1 Å². The molecule has 3 nitrogen and oxygen atoms in total. The first-order chi connectivity index (χ1) is 11.8. The van der Waals surface area contributed by atoms with E-state index in [1.165, 1.54) is 12.1 Å². The first kappa shape index (κ1) is 19.1. The molecule has 0 fully saturated rings. The number of carbonyl (C=O) groups is 1. The molecule has 0 amide bonds. The second-order valence-electron chi connectivity index (χ2n) is 5.79. The quantitative estimate of drug-likeness (QED) is 0.479. The number of hydrogen-bond acceptors (Lipinski definition) is 3. The summed E-state index contributed by atoms with van der Waals surface area (Å²) in [6.07, 6.45) is -0.731. The van der Waals surface area contributed by atoms with Crippen molar-refractivity contribution in [3.63, 3.8) is 0 Å². The molecule has 0 aliphatic rings. The molecule has 0 N–H and O–H groups in total. The molecule has 0 bridgehead atoms. The van der Waals surface area contributed by atoms with Gasteiger partial charge in [0.1, 0.15) is 11.3 Å². The Morgan fingerprint density at radius 2 is 2.00 bits per heavy atom. The zero-order chi connectivity index (χ0) is 18.6. The topological polar surface area (TPSA) is 39.4 Å². The number of furan rings is 1. The summed E-state index contributed by atoms with van der Waals surface area (Å²) in [6, 6.07) is 3.44. The lowest BCUT2D eigenvalue weighted by molar-refractivity contribution is -0.138. The first-order valence-electron chi connectivity index (χ1n) is 8.26. The normalized spacial score (nSPS) is 12.6. The summed E-state index contributed by atoms with van der Waals surface area (Å²) in [5.74, 6) is -0.0414. The molecule has 2 aromatic rings. The lowest BCUT2D eigenvalue weighted by Crippen LogP contribution is -2.03. The Bertz CT molecular complexity index is 785. The van der Waals surface area contributed by atoms with Crippen LogP contribution in [0.2, 0.25) is 0 Å². The highest BCUT2D eigenvalue weighted by Gasteiger charge is 2.31. The van der Waals surface area contributed by atoms with E-state index in [1.54, 1.807) is 13.8 Å². The highest BCUT2D eigenvalue weighted by Crippen LogP contribution is 2.36. The van der Waals surface area contributed by atoms with Gasteiger partial charge in [-0.3, -0.25) is 0 Å². The Labute approximate surface area is 144 Å². The molecule has 2 rings (SSSR count). The Kier molecular flexibility index (Phi) is 5.93. The predicted octanol–water partition coefficient (Wildman–Crippen LogP) is 5.90. The van der Waals surface area contributed by atoms with Crippen LogP contribution in [-0.2, 0) is 15.7 Å². The predicted molar refractivity (Wildman–Crippen MR) is 90.1 cm³/mol. The van der Waals surface area contributed by atoms with Crippen LogP contribution in [-0.4, -0.2) is 12.6 Å². The van der Waals surface area contributed by atoms with Gasteiger partial charge in [0.2, 0.25) is 0 Å². The number of alkyl halides is 3. The molecule has 1 aromatic carbocycles. The Hall–Kier alpha value is -2.24. The molecule has 1 heterocycles. The number of carbonyl (C=O) groups excluding carboxylic acids is 1. The molecule has 0 saturated carbocycles. The molecule has 0 radical (unpaired) electrons. The van der Waals surface area contributed by atoms with E-state index >= 15 is 0 Å². The molecule has 0 aliphatic carbocycles. The molecule has 0 unspecified atom stereocenters. The first-order valence-corrected chi connectivity index (χ1v) is 8.26. The van der Waals surface area contributed by atoms with E-state index in [2.05, 4.69) is 0 Å². The van der Waals surface area contributed by atoms with Crippen LogP contribution in [0.15, 0.2) is 28.7 Å². The number of rotatable bonds is 6. The maximum atomic E-state index is 12.9. The molecular formula is C19H21F3O3. The summed E-state index contributed by atoms with van der Waals surface area (Å²) in [5, 5.41) is 0.606. The second-order valence-corrected chi connectivity index (χ2v) is 5.79. The molecule has 0 spiro atoms. The van der Waals surface area contributed by atoms with Gasteiger partial charge in [-0.05, 0) is 38.8 Å². The highest BCUT2D eigenvalue weighted by atomic mass is 19.4. The third kappa shape index (κ3) is 4.44.